The van der Waals surface area contributed by atoms with Crippen molar-refractivity contribution in [1.29, 1.82) is 0 Å². The van der Waals surface area contributed by atoms with Crippen molar-refractivity contribution in [3.63, 3.8) is 0 Å². The molecule has 2 atom stereocenters. The lowest BCUT2D eigenvalue weighted by molar-refractivity contribution is -0.147. The van der Waals surface area contributed by atoms with Crippen LogP contribution in [0.2, 0.25) is 0 Å². The van der Waals surface area contributed by atoms with Crippen LogP contribution in [0, 0.1) is 0 Å². The van der Waals surface area contributed by atoms with E-state index in [1.807, 2.05) is 6.08 Å². The van der Waals surface area contributed by atoms with E-state index in [4.69, 9.17) is 9.72 Å². The van der Waals surface area contributed by atoms with Crippen molar-refractivity contribution in [1.82, 2.24) is 25.5 Å². The minimum absolute atomic E-state index is 0.0690. The van der Waals surface area contributed by atoms with E-state index in [0.717, 1.165) is 41.7 Å². The molecule has 0 bridgehead atoms. The Morgan fingerprint density at radius 1 is 1.35 bits per heavy atom. The molecule has 0 aliphatic carbocycles. The highest BCUT2D eigenvalue weighted by atomic mass is 16.5. The van der Waals surface area contributed by atoms with E-state index in [0.29, 0.717) is 6.61 Å². The van der Waals surface area contributed by atoms with Gasteiger partial charge in [-0.2, -0.15) is 0 Å². The molecule has 9 nitrogen and oxygen atoms in total. The van der Waals surface area contributed by atoms with Crippen molar-refractivity contribution in [3.05, 3.63) is 35.1 Å². The Morgan fingerprint density at radius 3 is 2.74 bits per heavy atom. The highest BCUT2D eigenvalue weighted by Crippen LogP contribution is 2.27. The lowest BCUT2D eigenvalue weighted by Gasteiger charge is -2.29. The van der Waals surface area contributed by atoms with Crippen LogP contribution < -0.4 is 10.6 Å². The van der Waals surface area contributed by atoms with Crippen LogP contribution in [-0.2, 0) is 19.1 Å². The van der Waals surface area contributed by atoms with E-state index >= 15 is 0 Å². The molecular weight excluding hydrogens is 398 g/mol. The van der Waals surface area contributed by atoms with Crippen molar-refractivity contribution in [2.75, 3.05) is 26.3 Å². The van der Waals surface area contributed by atoms with Crippen molar-refractivity contribution >= 4 is 23.8 Å². The zero-order valence-electron chi connectivity index (χ0n) is 18.5. The first-order valence-electron chi connectivity index (χ1n) is 10.7. The van der Waals surface area contributed by atoms with Crippen LogP contribution in [0.25, 0.3) is 6.08 Å². The maximum atomic E-state index is 12.4. The largest absolute Gasteiger partial charge is 0.378 e. The van der Waals surface area contributed by atoms with Crippen LogP contribution in [0.4, 0.5) is 0 Å². The summed E-state index contributed by atoms with van der Waals surface area (Å²) in [5.41, 5.74) is 1.86. The van der Waals surface area contributed by atoms with Crippen molar-refractivity contribution in [2.45, 2.75) is 52.0 Å². The van der Waals surface area contributed by atoms with E-state index in [-0.39, 0.29) is 30.1 Å². The predicted octanol–water partition coefficient (Wildman–Crippen LogP) is 1.42. The fourth-order valence-electron chi connectivity index (χ4n) is 3.88. The number of H-pyrrole nitrogens is 1. The Bertz CT molecular complexity index is 896. The summed E-state index contributed by atoms with van der Waals surface area (Å²) in [6, 6.07) is 0.205. The number of hydrogen-bond donors (Lipinski definition) is 3. The van der Waals surface area contributed by atoms with Crippen LogP contribution in [0.1, 0.15) is 63.2 Å². The maximum Gasteiger partial charge on any atom is 0.277 e. The van der Waals surface area contributed by atoms with Gasteiger partial charge in [0.15, 0.2) is 0 Å². The topological polar surface area (TPSA) is 116 Å². The molecular formula is C22H31N5O4. The van der Waals surface area contributed by atoms with Crippen LogP contribution in [-0.4, -0.2) is 64.9 Å². The summed E-state index contributed by atoms with van der Waals surface area (Å²) in [4.78, 5) is 45.0. The third-order valence-electron chi connectivity index (χ3n) is 5.53. The SMILES string of the molecule is CCC(c1nc(C=C/C=C2\NC(=O)CN(C(C)=O)C2=O)c(C(C)C)[nH]1)C1COCCN1. The van der Waals surface area contributed by atoms with E-state index < -0.39 is 17.7 Å². The number of hydrogen-bond acceptors (Lipinski definition) is 6. The number of imidazole rings is 1. The number of carbonyl (C=O) groups is 3. The molecule has 3 N–H and O–H groups in total. The van der Waals surface area contributed by atoms with Crippen LogP contribution in [0.15, 0.2) is 17.8 Å². The number of imide groups is 1. The van der Waals surface area contributed by atoms with Gasteiger partial charge in [-0.15, -0.1) is 0 Å². The zero-order valence-corrected chi connectivity index (χ0v) is 18.5. The number of rotatable bonds is 6. The van der Waals surface area contributed by atoms with Crippen LogP contribution in [0.5, 0.6) is 0 Å². The Morgan fingerprint density at radius 2 is 2.13 bits per heavy atom. The Labute approximate surface area is 182 Å². The van der Waals surface area contributed by atoms with Gasteiger partial charge < -0.3 is 20.4 Å². The third-order valence-corrected chi connectivity index (χ3v) is 5.53. The molecule has 2 fully saturated rings. The quantitative estimate of drug-likeness (QED) is 0.589. The van der Waals surface area contributed by atoms with Crippen molar-refractivity contribution < 1.29 is 19.1 Å². The number of nitrogens with one attached hydrogen (secondary N) is 3. The van der Waals surface area contributed by atoms with E-state index in [9.17, 15) is 14.4 Å². The number of piperazine rings is 1. The van der Waals surface area contributed by atoms with Crippen molar-refractivity contribution in [2.24, 2.45) is 0 Å². The van der Waals surface area contributed by atoms with E-state index in [1.165, 1.54) is 13.0 Å². The number of aromatic amines is 1. The summed E-state index contributed by atoms with van der Waals surface area (Å²) in [7, 11) is 0. The number of carbonyl (C=O) groups excluding carboxylic acids is 3. The number of aromatic nitrogens is 2. The van der Waals surface area contributed by atoms with Crippen LogP contribution in [0.3, 0.4) is 0 Å². The molecule has 0 aromatic carbocycles. The molecule has 1 aromatic rings. The molecule has 9 heteroatoms. The first-order chi connectivity index (χ1) is 14.8. The molecule has 0 spiro atoms. The average molecular weight is 430 g/mol. The first kappa shape index (κ1) is 22.9. The summed E-state index contributed by atoms with van der Waals surface area (Å²) < 4.78 is 5.63. The monoisotopic (exact) mass is 429 g/mol. The van der Waals surface area contributed by atoms with Gasteiger partial charge in [0.2, 0.25) is 11.8 Å². The second kappa shape index (κ2) is 10.0. The fraction of sp³-hybridized carbons (Fsp3) is 0.545. The van der Waals surface area contributed by atoms with E-state index in [2.05, 4.69) is 36.4 Å². The number of morpholine rings is 1. The van der Waals surface area contributed by atoms with Crippen LogP contribution >= 0.6 is 0 Å². The molecule has 168 valence electrons. The molecule has 2 aliphatic heterocycles. The molecule has 0 radical (unpaired) electrons. The predicted molar refractivity (Wildman–Crippen MR) is 116 cm³/mol. The number of amides is 3. The molecule has 3 amide bonds. The Kier molecular flexibility index (Phi) is 7.40. The fourth-order valence-corrected chi connectivity index (χ4v) is 3.88. The molecule has 0 saturated carbocycles. The second-order valence-corrected chi connectivity index (χ2v) is 8.12. The van der Waals surface area contributed by atoms with Gasteiger partial charge >= 0.3 is 0 Å². The lowest BCUT2D eigenvalue weighted by Crippen LogP contribution is -2.51. The number of nitrogens with zero attached hydrogens (tertiary/aromatic N) is 2. The summed E-state index contributed by atoms with van der Waals surface area (Å²) in [5.74, 6) is -0.0382. The molecule has 2 aliphatic rings. The first-order valence-corrected chi connectivity index (χ1v) is 10.7. The standard InChI is InChI=1S/C22H31N5O4/c1-5-15(18-12-31-10-9-23-18)21-25-16(20(26-21)13(2)3)7-6-8-17-22(30)27(14(4)28)11-19(29)24-17/h6-8,13,15,18,23H,5,9-12H2,1-4H3,(H,24,29)(H,25,26)/b7-6?,17-8-. The van der Waals surface area contributed by atoms with E-state index in [1.54, 1.807) is 6.08 Å². The molecule has 2 saturated heterocycles. The Hall–Kier alpha value is -2.78. The maximum absolute atomic E-state index is 12.4. The smallest absolute Gasteiger partial charge is 0.277 e. The molecule has 3 rings (SSSR count). The summed E-state index contributed by atoms with van der Waals surface area (Å²) >= 11 is 0. The average Bonchev–Trinajstić information content (AvgIpc) is 3.15. The van der Waals surface area contributed by atoms with Gasteiger partial charge in [0, 0.05) is 31.1 Å². The number of allylic oxidation sites excluding steroid dienone is 2. The van der Waals surface area contributed by atoms with Gasteiger partial charge in [0.25, 0.3) is 5.91 Å². The number of ether oxygens (including phenoxy) is 1. The van der Waals surface area contributed by atoms with Gasteiger partial charge in [-0.1, -0.05) is 26.8 Å². The highest BCUT2D eigenvalue weighted by Gasteiger charge is 2.30. The van der Waals surface area contributed by atoms with Gasteiger partial charge in [-0.25, -0.2) is 4.98 Å². The molecule has 3 heterocycles. The van der Waals surface area contributed by atoms with Gasteiger partial charge in [-0.3, -0.25) is 19.3 Å². The van der Waals surface area contributed by atoms with Gasteiger partial charge in [-0.05, 0) is 24.5 Å². The molecule has 2 unspecified atom stereocenters. The summed E-state index contributed by atoms with van der Waals surface area (Å²) in [6.07, 6.45) is 5.90. The Balaban J connectivity index is 1.84. The molecule has 1 aromatic heterocycles. The zero-order chi connectivity index (χ0) is 22.5. The molecule has 31 heavy (non-hydrogen) atoms. The lowest BCUT2D eigenvalue weighted by atomic mass is 9.96. The summed E-state index contributed by atoms with van der Waals surface area (Å²) in [5, 5.41) is 6.04. The second-order valence-electron chi connectivity index (χ2n) is 8.12. The van der Waals surface area contributed by atoms with Gasteiger partial charge in [0.1, 0.15) is 18.1 Å². The third kappa shape index (κ3) is 5.29. The minimum atomic E-state index is -0.516. The summed E-state index contributed by atoms with van der Waals surface area (Å²) in [6.45, 7) is 9.53. The normalized spacial score (nSPS) is 22.4. The van der Waals surface area contributed by atoms with Gasteiger partial charge in [0.05, 0.1) is 18.9 Å². The highest BCUT2D eigenvalue weighted by molar-refractivity contribution is 6.10. The minimum Gasteiger partial charge on any atom is -0.378 e. The van der Waals surface area contributed by atoms with Crippen molar-refractivity contribution in [3.8, 4) is 0 Å².